The van der Waals surface area contributed by atoms with Crippen molar-refractivity contribution in [2.24, 2.45) is 0 Å². The van der Waals surface area contributed by atoms with Crippen LogP contribution in [0, 0.1) is 0 Å². The lowest BCUT2D eigenvalue weighted by Gasteiger charge is -2.35. The van der Waals surface area contributed by atoms with Crippen LogP contribution < -0.4 is 0 Å². The quantitative estimate of drug-likeness (QED) is 0.717. The molecule has 0 aliphatic carbocycles. The van der Waals surface area contributed by atoms with Gasteiger partial charge in [0.15, 0.2) is 11.5 Å². The van der Waals surface area contributed by atoms with Gasteiger partial charge >= 0.3 is 0 Å². The second-order valence-electron chi connectivity index (χ2n) is 6.27. The third kappa shape index (κ3) is 3.57. The lowest BCUT2D eigenvalue weighted by Crippen LogP contribution is -2.49. The van der Waals surface area contributed by atoms with Crippen molar-refractivity contribution in [1.82, 2.24) is 20.0 Å². The molecule has 8 heteroatoms. The van der Waals surface area contributed by atoms with E-state index in [-0.39, 0.29) is 5.91 Å². The van der Waals surface area contributed by atoms with Gasteiger partial charge in [-0.3, -0.25) is 14.8 Å². The summed E-state index contributed by atoms with van der Waals surface area (Å²) < 4.78 is 5.31. The fourth-order valence-electron chi connectivity index (χ4n) is 3.10. The predicted octanol–water partition coefficient (Wildman–Crippen LogP) is 2.22. The van der Waals surface area contributed by atoms with Gasteiger partial charge in [0.25, 0.3) is 5.91 Å². The largest absolute Gasteiger partial charge is 0.463 e. The molecule has 136 valence electrons. The van der Waals surface area contributed by atoms with Crippen molar-refractivity contribution in [3.63, 3.8) is 0 Å². The Morgan fingerprint density at radius 3 is 2.85 bits per heavy atom. The molecule has 1 saturated heterocycles. The van der Waals surface area contributed by atoms with Crippen LogP contribution in [0.5, 0.6) is 0 Å². The maximum atomic E-state index is 12.6. The summed E-state index contributed by atoms with van der Waals surface area (Å²) in [7, 11) is 0. The van der Waals surface area contributed by atoms with Crippen molar-refractivity contribution in [1.29, 1.82) is 0 Å². The molecule has 1 atom stereocenters. The van der Waals surface area contributed by atoms with E-state index < -0.39 is 6.10 Å². The van der Waals surface area contributed by atoms with Crippen LogP contribution >= 0.6 is 11.3 Å². The van der Waals surface area contributed by atoms with E-state index in [0.29, 0.717) is 36.8 Å². The molecular formula is C18H20N4O3S. The van der Waals surface area contributed by atoms with Gasteiger partial charge in [-0.2, -0.15) is 5.10 Å². The van der Waals surface area contributed by atoms with Crippen molar-refractivity contribution >= 4 is 17.2 Å². The number of aliphatic hydroxyl groups excluding tert-OH is 1. The second-order valence-corrected chi connectivity index (χ2v) is 7.25. The maximum Gasteiger partial charge on any atom is 0.274 e. The highest BCUT2D eigenvalue weighted by Crippen LogP contribution is 2.21. The molecule has 7 nitrogen and oxygen atoms in total. The number of carbonyl (C=O) groups is 1. The van der Waals surface area contributed by atoms with Crippen LogP contribution in [0.1, 0.15) is 21.5 Å². The van der Waals surface area contributed by atoms with Crippen molar-refractivity contribution in [3.05, 3.63) is 52.5 Å². The summed E-state index contributed by atoms with van der Waals surface area (Å²) in [5.74, 6) is 0.571. The molecule has 4 heterocycles. The van der Waals surface area contributed by atoms with E-state index in [4.69, 9.17) is 4.42 Å². The molecule has 26 heavy (non-hydrogen) atoms. The summed E-state index contributed by atoms with van der Waals surface area (Å²) in [4.78, 5) is 17.6. The van der Waals surface area contributed by atoms with E-state index in [1.54, 1.807) is 34.6 Å². The topological polar surface area (TPSA) is 85.6 Å². The van der Waals surface area contributed by atoms with Crippen molar-refractivity contribution < 1.29 is 14.3 Å². The van der Waals surface area contributed by atoms with Crippen LogP contribution in [0.2, 0.25) is 0 Å². The molecule has 1 fully saturated rings. The number of nitrogens with one attached hydrogen (secondary N) is 1. The number of furan rings is 1. The standard InChI is InChI=1S/C18H20N4O3S/c23-15(17-4-2-10-26-17)12-21-5-7-22(8-6-21)18(24)14-11-13(19-20-14)16-3-1-9-25-16/h1-4,9-11,15,23H,5-8,12H2,(H,19,20). The average molecular weight is 372 g/mol. The van der Waals surface area contributed by atoms with Crippen LogP contribution in [0.15, 0.2) is 46.4 Å². The number of carbonyl (C=O) groups excluding carboxylic acids is 1. The van der Waals surface area contributed by atoms with E-state index in [1.807, 2.05) is 23.6 Å². The Hall–Kier alpha value is -2.42. The number of aliphatic hydroxyl groups is 1. The van der Waals surface area contributed by atoms with Crippen LogP contribution in [0.25, 0.3) is 11.5 Å². The molecule has 0 saturated carbocycles. The number of aromatic amines is 1. The Morgan fingerprint density at radius 1 is 1.31 bits per heavy atom. The van der Waals surface area contributed by atoms with Crippen LogP contribution in [-0.4, -0.2) is 63.7 Å². The first-order valence-electron chi connectivity index (χ1n) is 8.53. The zero-order valence-corrected chi connectivity index (χ0v) is 15.0. The first kappa shape index (κ1) is 17.0. The van der Waals surface area contributed by atoms with Gasteiger partial charge in [-0.05, 0) is 23.6 Å². The Morgan fingerprint density at radius 2 is 2.15 bits per heavy atom. The Bertz CT molecular complexity index is 836. The highest BCUT2D eigenvalue weighted by molar-refractivity contribution is 7.10. The fourth-order valence-corrected chi connectivity index (χ4v) is 3.80. The number of hydrogen-bond acceptors (Lipinski definition) is 6. The van der Waals surface area contributed by atoms with Crippen LogP contribution in [0.3, 0.4) is 0 Å². The van der Waals surface area contributed by atoms with E-state index in [9.17, 15) is 9.90 Å². The first-order valence-corrected chi connectivity index (χ1v) is 9.41. The van der Waals surface area contributed by atoms with Gasteiger partial charge in [-0.25, -0.2) is 0 Å². The van der Waals surface area contributed by atoms with Gasteiger partial charge in [0.1, 0.15) is 11.8 Å². The molecule has 1 amide bonds. The SMILES string of the molecule is O=C(c1cc(-c2ccco2)[nH]n1)N1CCN(CC(O)c2cccs2)CC1. The average Bonchev–Trinajstić information content (AvgIpc) is 3.43. The van der Waals surface area contributed by atoms with Gasteiger partial charge in [-0.1, -0.05) is 6.07 Å². The Kier molecular flexibility index (Phi) is 4.87. The van der Waals surface area contributed by atoms with Gasteiger partial charge in [0, 0.05) is 43.7 Å². The van der Waals surface area contributed by atoms with E-state index >= 15 is 0 Å². The van der Waals surface area contributed by atoms with Crippen molar-refractivity contribution in [2.75, 3.05) is 32.7 Å². The van der Waals surface area contributed by atoms with Gasteiger partial charge in [0.05, 0.1) is 6.26 Å². The number of H-pyrrole nitrogens is 1. The first-order chi connectivity index (χ1) is 12.7. The summed E-state index contributed by atoms with van der Waals surface area (Å²) in [6.07, 6.45) is 1.11. The van der Waals surface area contributed by atoms with E-state index in [2.05, 4.69) is 15.1 Å². The summed E-state index contributed by atoms with van der Waals surface area (Å²) in [6.45, 7) is 3.32. The molecular weight excluding hydrogens is 352 g/mol. The predicted molar refractivity (Wildman–Crippen MR) is 97.9 cm³/mol. The summed E-state index contributed by atoms with van der Waals surface area (Å²) in [5.41, 5.74) is 1.08. The Labute approximate surface area is 154 Å². The van der Waals surface area contributed by atoms with Crippen molar-refractivity contribution in [2.45, 2.75) is 6.10 Å². The number of rotatable bonds is 5. The van der Waals surface area contributed by atoms with Gasteiger partial charge < -0.3 is 14.4 Å². The molecule has 0 aromatic carbocycles. The smallest absolute Gasteiger partial charge is 0.274 e. The number of amides is 1. The minimum Gasteiger partial charge on any atom is -0.463 e. The van der Waals surface area contributed by atoms with E-state index in [1.165, 1.54) is 0 Å². The molecule has 3 aromatic rings. The number of hydrogen-bond donors (Lipinski definition) is 2. The summed E-state index contributed by atoms with van der Waals surface area (Å²) in [5, 5.41) is 19.2. The summed E-state index contributed by atoms with van der Waals surface area (Å²) in [6, 6.07) is 9.22. The van der Waals surface area contributed by atoms with Crippen molar-refractivity contribution in [3.8, 4) is 11.5 Å². The number of β-amino-alcohol motifs (C(OH)–C–C–N with tert-alkyl or cyclic N) is 1. The number of piperazine rings is 1. The highest BCUT2D eigenvalue weighted by Gasteiger charge is 2.25. The highest BCUT2D eigenvalue weighted by atomic mass is 32.1. The second kappa shape index (κ2) is 7.45. The van der Waals surface area contributed by atoms with Gasteiger partial charge in [-0.15, -0.1) is 11.3 Å². The lowest BCUT2D eigenvalue weighted by molar-refractivity contribution is 0.0528. The molecule has 1 aliphatic rings. The molecule has 0 radical (unpaired) electrons. The summed E-state index contributed by atoms with van der Waals surface area (Å²) >= 11 is 1.56. The van der Waals surface area contributed by atoms with Gasteiger partial charge in [0.2, 0.25) is 0 Å². The minimum atomic E-state index is -0.473. The lowest BCUT2D eigenvalue weighted by atomic mass is 10.2. The van der Waals surface area contributed by atoms with Crippen LogP contribution in [0.4, 0.5) is 0 Å². The molecule has 1 aliphatic heterocycles. The molecule has 0 bridgehead atoms. The molecule has 1 unspecified atom stereocenters. The normalized spacial score (nSPS) is 16.7. The Balaban J connectivity index is 1.32. The third-order valence-electron chi connectivity index (χ3n) is 4.55. The fraction of sp³-hybridized carbons (Fsp3) is 0.333. The number of thiophene rings is 1. The zero-order valence-electron chi connectivity index (χ0n) is 14.2. The zero-order chi connectivity index (χ0) is 17.9. The molecule has 4 rings (SSSR count). The maximum absolute atomic E-state index is 12.6. The number of aromatic nitrogens is 2. The monoisotopic (exact) mass is 372 g/mol. The minimum absolute atomic E-state index is 0.0856. The number of nitrogens with zero attached hydrogens (tertiary/aromatic N) is 3. The molecule has 2 N–H and O–H groups in total. The van der Waals surface area contributed by atoms with E-state index in [0.717, 1.165) is 18.0 Å². The molecule has 0 spiro atoms. The molecule has 3 aromatic heterocycles. The van der Waals surface area contributed by atoms with Crippen LogP contribution in [-0.2, 0) is 0 Å². The third-order valence-corrected chi connectivity index (χ3v) is 5.52.